The summed E-state index contributed by atoms with van der Waals surface area (Å²) in [5.74, 6) is 0. The summed E-state index contributed by atoms with van der Waals surface area (Å²) < 4.78 is 24.0. The zero-order valence-corrected chi connectivity index (χ0v) is 10.5. The van der Waals surface area contributed by atoms with Gasteiger partial charge in [-0.2, -0.15) is 0 Å². The SMILES string of the molecule is O=S1C2CCCC1CC(O)(CCCCF)C2. The molecular formula is C12H21FO2S. The molecule has 0 aromatic carbocycles. The highest BCUT2D eigenvalue weighted by Gasteiger charge is 2.44. The van der Waals surface area contributed by atoms with Gasteiger partial charge in [0.1, 0.15) is 0 Å². The fraction of sp³-hybridized carbons (Fsp3) is 1.00. The highest BCUT2D eigenvalue weighted by atomic mass is 32.2. The number of aliphatic hydroxyl groups is 1. The van der Waals surface area contributed by atoms with Crippen molar-refractivity contribution in [2.75, 3.05) is 6.67 Å². The molecule has 1 N–H and O–H groups in total. The summed E-state index contributed by atoms with van der Waals surface area (Å²) in [6.07, 6.45) is 6.45. The molecular weight excluding hydrogens is 227 g/mol. The molecule has 2 bridgehead atoms. The van der Waals surface area contributed by atoms with Crippen LogP contribution in [0.4, 0.5) is 4.39 Å². The number of fused-ring (bicyclic) bond motifs is 2. The second kappa shape index (κ2) is 5.13. The summed E-state index contributed by atoms with van der Waals surface area (Å²) >= 11 is 0. The van der Waals surface area contributed by atoms with Crippen LogP contribution in [0.25, 0.3) is 0 Å². The van der Waals surface area contributed by atoms with Crippen LogP contribution >= 0.6 is 0 Å². The van der Waals surface area contributed by atoms with Gasteiger partial charge < -0.3 is 5.11 Å². The van der Waals surface area contributed by atoms with Gasteiger partial charge in [0, 0.05) is 21.3 Å². The van der Waals surface area contributed by atoms with Crippen molar-refractivity contribution >= 4 is 10.8 Å². The molecule has 2 unspecified atom stereocenters. The van der Waals surface area contributed by atoms with E-state index in [1.165, 1.54) is 0 Å². The second-order valence-corrected chi connectivity index (χ2v) is 7.27. The lowest BCUT2D eigenvalue weighted by Gasteiger charge is -2.43. The molecule has 2 heterocycles. The predicted octanol–water partition coefficient (Wildman–Crippen LogP) is 2.32. The van der Waals surface area contributed by atoms with Crippen molar-refractivity contribution < 1.29 is 13.7 Å². The third kappa shape index (κ3) is 2.65. The number of rotatable bonds is 4. The smallest absolute Gasteiger partial charge is 0.0894 e. The normalized spacial score (nSPS) is 43.2. The summed E-state index contributed by atoms with van der Waals surface area (Å²) in [5, 5.41) is 10.9. The van der Waals surface area contributed by atoms with Gasteiger partial charge in [0.15, 0.2) is 0 Å². The molecule has 0 spiro atoms. The lowest BCUT2D eigenvalue weighted by atomic mass is 9.82. The van der Waals surface area contributed by atoms with Crippen molar-refractivity contribution in [2.24, 2.45) is 0 Å². The van der Waals surface area contributed by atoms with Crippen molar-refractivity contribution in [2.45, 2.75) is 67.5 Å². The van der Waals surface area contributed by atoms with E-state index in [1.807, 2.05) is 0 Å². The van der Waals surface area contributed by atoms with Gasteiger partial charge in [-0.15, -0.1) is 0 Å². The van der Waals surface area contributed by atoms with E-state index in [1.54, 1.807) is 0 Å². The molecule has 2 saturated heterocycles. The summed E-state index contributed by atoms with van der Waals surface area (Å²) in [5.41, 5.74) is -0.654. The zero-order valence-electron chi connectivity index (χ0n) is 9.66. The molecule has 2 atom stereocenters. The van der Waals surface area contributed by atoms with E-state index in [0.717, 1.165) is 25.7 Å². The number of halogens is 1. The minimum absolute atomic E-state index is 0.197. The van der Waals surface area contributed by atoms with Crippen LogP contribution in [0, 0.1) is 0 Å². The lowest BCUT2D eigenvalue weighted by molar-refractivity contribution is 0.000712. The molecule has 0 radical (unpaired) electrons. The predicted molar refractivity (Wildman–Crippen MR) is 63.6 cm³/mol. The van der Waals surface area contributed by atoms with E-state index >= 15 is 0 Å². The molecule has 0 aromatic heterocycles. The fourth-order valence-corrected chi connectivity index (χ4v) is 5.42. The van der Waals surface area contributed by atoms with Gasteiger partial charge in [-0.1, -0.05) is 6.42 Å². The van der Waals surface area contributed by atoms with Crippen LogP contribution in [0.15, 0.2) is 0 Å². The molecule has 0 aliphatic carbocycles. The maximum absolute atomic E-state index is 12.0. The summed E-state index contributed by atoms with van der Waals surface area (Å²) in [4.78, 5) is 0. The Morgan fingerprint density at radius 3 is 2.44 bits per heavy atom. The van der Waals surface area contributed by atoms with Gasteiger partial charge in [-0.25, -0.2) is 0 Å². The quantitative estimate of drug-likeness (QED) is 0.775. The largest absolute Gasteiger partial charge is 0.390 e. The van der Waals surface area contributed by atoms with Gasteiger partial charge in [0.05, 0.1) is 12.3 Å². The second-order valence-electron chi connectivity index (χ2n) is 5.28. The standard InChI is InChI=1S/C12H21FO2S/c13-7-2-1-6-12(14)8-10-4-3-5-11(9-12)16(10)15/h10-11,14H,1-9H2. The van der Waals surface area contributed by atoms with Crippen LogP contribution in [0.5, 0.6) is 0 Å². The van der Waals surface area contributed by atoms with Crippen LogP contribution in [-0.4, -0.2) is 32.1 Å². The van der Waals surface area contributed by atoms with E-state index in [2.05, 4.69) is 0 Å². The van der Waals surface area contributed by atoms with Crippen LogP contribution in [0.2, 0.25) is 0 Å². The fourth-order valence-electron chi connectivity index (χ4n) is 3.13. The minimum atomic E-state index is -0.724. The monoisotopic (exact) mass is 248 g/mol. The minimum Gasteiger partial charge on any atom is -0.390 e. The Morgan fingerprint density at radius 2 is 1.88 bits per heavy atom. The highest BCUT2D eigenvalue weighted by Crippen LogP contribution is 2.41. The molecule has 0 saturated carbocycles. The van der Waals surface area contributed by atoms with Gasteiger partial charge in [0.25, 0.3) is 0 Å². The van der Waals surface area contributed by atoms with Gasteiger partial charge in [0.2, 0.25) is 0 Å². The molecule has 2 fully saturated rings. The van der Waals surface area contributed by atoms with Crippen molar-refractivity contribution in [1.82, 2.24) is 0 Å². The van der Waals surface area contributed by atoms with Gasteiger partial charge >= 0.3 is 0 Å². The van der Waals surface area contributed by atoms with Gasteiger partial charge in [-0.05, 0) is 44.9 Å². The van der Waals surface area contributed by atoms with Crippen molar-refractivity contribution in [3.05, 3.63) is 0 Å². The maximum Gasteiger partial charge on any atom is 0.0894 e. The number of hydrogen-bond acceptors (Lipinski definition) is 2. The average molecular weight is 248 g/mol. The van der Waals surface area contributed by atoms with Crippen molar-refractivity contribution in [3.63, 3.8) is 0 Å². The van der Waals surface area contributed by atoms with Crippen molar-refractivity contribution in [1.29, 1.82) is 0 Å². The van der Waals surface area contributed by atoms with E-state index in [-0.39, 0.29) is 17.2 Å². The first-order valence-corrected chi connectivity index (χ1v) is 7.60. The first-order valence-electron chi connectivity index (χ1n) is 6.32. The van der Waals surface area contributed by atoms with E-state index in [4.69, 9.17) is 0 Å². The Labute approximate surface area is 99.1 Å². The summed E-state index contributed by atoms with van der Waals surface area (Å²) in [6, 6.07) is 0. The number of hydrogen-bond donors (Lipinski definition) is 1. The van der Waals surface area contributed by atoms with E-state index in [9.17, 15) is 13.7 Å². The van der Waals surface area contributed by atoms with Gasteiger partial charge in [-0.3, -0.25) is 8.60 Å². The molecule has 2 aliphatic rings. The molecule has 2 aliphatic heterocycles. The van der Waals surface area contributed by atoms with E-state index in [0.29, 0.717) is 25.7 Å². The van der Waals surface area contributed by atoms with Crippen LogP contribution in [-0.2, 0) is 10.8 Å². The molecule has 94 valence electrons. The van der Waals surface area contributed by atoms with Crippen LogP contribution in [0.3, 0.4) is 0 Å². The Bertz CT molecular complexity index is 254. The lowest BCUT2D eigenvalue weighted by Crippen LogP contribution is -2.48. The molecule has 0 aromatic rings. The molecule has 2 nitrogen and oxygen atoms in total. The van der Waals surface area contributed by atoms with Crippen molar-refractivity contribution in [3.8, 4) is 0 Å². The topological polar surface area (TPSA) is 37.3 Å². The Morgan fingerprint density at radius 1 is 1.25 bits per heavy atom. The molecule has 2 rings (SSSR count). The molecule has 4 heteroatoms. The Balaban J connectivity index is 1.94. The van der Waals surface area contributed by atoms with Crippen LogP contribution in [0.1, 0.15) is 51.4 Å². The Kier molecular flexibility index (Phi) is 4.01. The molecule has 16 heavy (non-hydrogen) atoms. The first-order chi connectivity index (χ1) is 7.64. The first kappa shape index (κ1) is 12.5. The average Bonchev–Trinajstić information content (AvgIpc) is 2.21. The summed E-state index contributed by atoms with van der Waals surface area (Å²) in [6.45, 7) is -0.297. The summed E-state index contributed by atoms with van der Waals surface area (Å²) in [7, 11) is -0.724. The maximum atomic E-state index is 12.0. The van der Waals surface area contributed by atoms with Crippen LogP contribution < -0.4 is 0 Å². The highest BCUT2D eigenvalue weighted by molar-refractivity contribution is 7.86. The third-order valence-corrected chi connectivity index (χ3v) is 6.07. The number of alkyl halides is 1. The Hall–Kier alpha value is 0.0400. The zero-order chi connectivity index (χ0) is 11.6. The number of unbranched alkanes of at least 4 members (excludes halogenated alkanes) is 1. The van der Waals surface area contributed by atoms with E-state index < -0.39 is 16.4 Å². The third-order valence-electron chi connectivity index (χ3n) is 3.95. The molecule has 0 amide bonds.